The van der Waals surface area contributed by atoms with Gasteiger partial charge in [0.2, 0.25) is 5.95 Å². The third-order valence-electron chi connectivity index (χ3n) is 5.10. The van der Waals surface area contributed by atoms with Gasteiger partial charge in [-0.05, 0) is 54.1 Å². The third-order valence-corrected chi connectivity index (χ3v) is 5.10. The van der Waals surface area contributed by atoms with Crippen LogP contribution in [0.5, 0.6) is 5.75 Å². The molecule has 0 unspecified atom stereocenters. The highest BCUT2D eigenvalue weighted by Gasteiger charge is 2.34. The number of fused-ring (bicyclic) bond motifs is 2. The molecule has 0 radical (unpaired) electrons. The molecule has 0 bridgehead atoms. The van der Waals surface area contributed by atoms with Gasteiger partial charge in [-0.3, -0.25) is 4.79 Å². The van der Waals surface area contributed by atoms with E-state index in [-0.39, 0.29) is 5.56 Å². The van der Waals surface area contributed by atoms with Crippen molar-refractivity contribution in [3.8, 4) is 17.0 Å². The van der Waals surface area contributed by atoms with Crippen molar-refractivity contribution < 1.29 is 4.74 Å². The number of nitrogens with one attached hydrogen (secondary N) is 2. The summed E-state index contributed by atoms with van der Waals surface area (Å²) in [6.45, 7) is 4.56. The summed E-state index contributed by atoms with van der Waals surface area (Å²) in [5, 5.41) is 22.0. The minimum atomic E-state index is -0.400. The van der Waals surface area contributed by atoms with Crippen molar-refractivity contribution in [1.82, 2.24) is 30.4 Å². The minimum Gasteiger partial charge on any atom is -0.494 e. The van der Waals surface area contributed by atoms with Crippen molar-refractivity contribution in [3.63, 3.8) is 0 Å². The summed E-state index contributed by atoms with van der Waals surface area (Å²) < 4.78 is 7.22. The lowest BCUT2D eigenvalue weighted by molar-refractivity contribution is 0.340. The summed E-state index contributed by atoms with van der Waals surface area (Å²) in [5.41, 5.74) is 4.37. The SMILES string of the molecule is CCOc1ccc(-c2n[nH]c(=O)c3c2[C@H](c2ccc(C)cc2)n2nnnc2N3)cc1. The molecule has 0 saturated carbocycles. The van der Waals surface area contributed by atoms with E-state index in [0.717, 1.165) is 22.4 Å². The number of nitrogens with zero attached hydrogens (tertiary/aromatic N) is 5. The van der Waals surface area contributed by atoms with E-state index in [1.165, 1.54) is 0 Å². The monoisotopic (exact) mass is 401 g/mol. The highest BCUT2D eigenvalue weighted by Crippen LogP contribution is 2.41. The van der Waals surface area contributed by atoms with Crippen LogP contribution in [0.4, 0.5) is 11.6 Å². The molecule has 2 N–H and O–H groups in total. The van der Waals surface area contributed by atoms with Gasteiger partial charge in [0, 0.05) is 11.1 Å². The summed E-state index contributed by atoms with van der Waals surface area (Å²) in [6, 6.07) is 15.3. The lowest BCUT2D eigenvalue weighted by atomic mass is 9.92. The van der Waals surface area contributed by atoms with Crippen molar-refractivity contribution in [2.75, 3.05) is 11.9 Å². The number of tetrazole rings is 1. The molecule has 0 saturated heterocycles. The van der Waals surface area contributed by atoms with E-state index in [1.54, 1.807) is 4.68 Å². The smallest absolute Gasteiger partial charge is 0.288 e. The van der Waals surface area contributed by atoms with Crippen LogP contribution in [0.15, 0.2) is 53.3 Å². The number of ether oxygens (including phenoxy) is 1. The Hall–Kier alpha value is -4.01. The van der Waals surface area contributed by atoms with Gasteiger partial charge < -0.3 is 10.1 Å². The van der Waals surface area contributed by atoms with Crippen LogP contribution in [0.1, 0.15) is 29.7 Å². The molecule has 150 valence electrons. The number of hydrogen-bond donors (Lipinski definition) is 2. The molecule has 4 aromatic rings. The van der Waals surface area contributed by atoms with Gasteiger partial charge in [-0.25, -0.2) is 5.10 Å². The Morgan fingerprint density at radius 2 is 1.87 bits per heavy atom. The fourth-order valence-corrected chi connectivity index (χ4v) is 3.69. The standard InChI is InChI=1S/C21H19N7O2/c1-3-30-15-10-8-13(9-11-15)17-16-18(20(29)24-23-17)22-21-25-26-27-28(21)19(16)14-6-4-12(2)5-7-14/h4-11,19H,3H2,1-2H3,(H,24,29)(H,22,25,27)/t19-/m0/s1. The summed E-state index contributed by atoms with van der Waals surface area (Å²) in [6.07, 6.45) is 0. The topological polar surface area (TPSA) is 111 Å². The van der Waals surface area contributed by atoms with E-state index in [9.17, 15) is 4.79 Å². The molecule has 1 atom stereocenters. The second-order valence-electron chi connectivity index (χ2n) is 7.03. The van der Waals surface area contributed by atoms with Gasteiger partial charge in [-0.1, -0.05) is 34.9 Å². The molecule has 2 aromatic heterocycles. The van der Waals surface area contributed by atoms with Crippen LogP contribution in [0.2, 0.25) is 0 Å². The van der Waals surface area contributed by atoms with E-state index in [4.69, 9.17) is 4.74 Å². The average Bonchev–Trinajstić information content (AvgIpc) is 3.23. The number of aromatic nitrogens is 6. The van der Waals surface area contributed by atoms with Gasteiger partial charge >= 0.3 is 0 Å². The highest BCUT2D eigenvalue weighted by atomic mass is 16.5. The van der Waals surface area contributed by atoms with Crippen LogP contribution in [0.3, 0.4) is 0 Å². The Morgan fingerprint density at radius 1 is 1.10 bits per heavy atom. The van der Waals surface area contributed by atoms with Crippen LogP contribution in [0, 0.1) is 6.92 Å². The minimum absolute atomic E-state index is 0.328. The molecule has 9 heteroatoms. The Morgan fingerprint density at radius 3 is 2.60 bits per heavy atom. The van der Waals surface area contributed by atoms with Crippen LogP contribution in [-0.4, -0.2) is 37.0 Å². The quantitative estimate of drug-likeness (QED) is 0.476. The first kappa shape index (κ1) is 18.0. The number of anilines is 2. The molecule has 5 rings (SSSR count). The summed E-state index contributed by atoms with van der Waals surface area (Å²) in [5.74, 6) is 1.18. The predicted molar refractivity (Wildman–Crippen MR) is 111 cm³/mol. The number of aryl methyl sites for hydroxylation is 1. The molecule has 0 fully saturated rings. The second-order valence-corrected chi connectivity index (χ2v) is 7.03. The van der Waals surface area contributed by atoms with Crippen LogP contribution >= 0.6 is 0 Å². The molecule has 1 aliphatic rings. The zero-order valence-corrected chi connectivity index (χ0v) is 16.5. The Bertz CT molecular complexity index is 1260. The van der Waals surface area contributed by atoms with Crippen molar-refractivity contribution in [2.24, 2.45) is 0 Å². The fraction of sp³-hybridized carbons (Fsp3) is 0.190. The summed E-state index contributed by atoms with van der Waals surface area (Å²) in [7, 11) is 0. The maximum absolute atomic E-state index is 12.7. The Balaban J connectivity index is 1.73. The van der Waals surface area contributed by atoms with Gasteiger partial charge in [-0.15, -0.1) is 0 Å². The number of aromatic amines is 1. The van der Waals surface area contributed by atoms with E-state index in [2.05, 4.69) is 31.0 Å². The van der Waals surface area contributed by atoms with Crippen LogP contribution in [0.25, 0.3) is 11.3 Å². The first-order valence-corrected chi connectivity index (χ1v) is 9.63. The summed E-state index contributed by atoms with van der Waals surface area (Å²) >= 11 is 0. The Labute approximate surface area is 171 Å². The second kappa shape index (κ2) is 7.11. The van der Waals surface area contributed by atoms with Crippen molar-refractivity contribution >= 4 is 11.6 Å². The van der Waals surface area contributed by atoms with E-state index in [1.807, 2.05) is 62.4 Å². The van der Waals surface area contributed by atoms with E-state index in [0.29, 0.717) is 29.5 Å². The maximum Gasteiger partial charge on any atom is 0.288 e. The zero-order valence-electron chi connectivity index (χ0n) is 16.5. The molecule has 0 aliphatic carbocycles. The number of rotatable bonds is 4. The van der Waals surface area contributed by atoms with Gasteiger partial charge in [0.15, 0.2) is 0 Å². The first-order chi connectivity index (χ1) is 14.7. The van der Waals surface area contributed by atoms with Crippen LogP contribution in [-0.2, 0) is 0 Å². The first-order valence-electron chi connectivity index (χ1n) is 9.63. The van der Waals surface area contributed by atoms with Gasteiger partial charge in [0.1, 0.15) is 17.5 Å². The zero-order chi connectivity index (χ0) is 20.7. The van der Waals surface area contributed by atoms with Crippen molar-refractivity contribution in [3.05, 3.63) is 75.6 Å². The number of H-pyrrole nitrogens is 1. The molecule has 1 aliphatic heterocycles. The van der Waals surface area contributed by atoms with Gasteiger partial charge in [0.25, 0.3) is 5.56 Å². The predicted octanol–water partition coefficient (Wildman–Crippen LogP) is 2.83. The van der Waals surface area contributed by atoms with Crippen LogP contribution < -0.4 is 15.6 Å². The van der Waals surface area contributed by atoms with E-state index >= 15 is 0 Å². The lowest BCUT2D eigenvalue weighted by Gasteiger charge is -2.27. The van der Waals surface area contributed by atoms with E-state index < -0.39 is 6.04 Å². The molecule has 9 nitrogen and oxygen atoms in total. The number of hydrogen-bond acceptors (Lipinski definition) is 7. The fourth-order valence-electron chi connectivity index (χ4n) is 3.69. The van der Waals surface area contributed by atoms with Gasteiger partial charge in [-0.2, -0.15) is 9.78 Å². The van der Waals surface area contributed by atoms with Gasteiger partial charge in [0.05, 0.1) is 12.3 Å². The maximum atomic E-state index is 12.7. The summed E-state index contributed by atoms with van der Waals surface area (Å²) in [4.78, 5) is 12.7. The van der Waals surface area contributed by atoms with Crippen molar-refractivity contribution in [1.29, 1.82) is 0 Å². The molecule has 30 heavy (non-hydrogen) atoms. The highest BCUT2D eigenvalue weighted by molar-refractivity contribution is 5.75. The van der Waals surface area contributed by atoms with Crippen molar-refractivity contribution in [2.45, 2.75) is 19.9 Å². The molecule has 0 spiro atoms. The molecule has 3 heterocycles. The Kier molecular flexibility index (Phi) is 4.27. The largest absolute Gasteiger partial charge is 0.494 e. The third kappa shape index (κ3) is 2.91. The molecular formula is C21H19N7O2. The number of benzene rings is 2. The molecule has 2 aromatic carbocycles. The lowest BCUT2D eigenvalue weighted by Crippen LogP contribution is -2.29. The normalized spacial score (nSPS) is 14.5. The molecule has 0 amide bonds. The average molecular weight is 401 g/mol. The molecular weight excluding hydrogens is 382 g/mol.